The lowest BCUT2D eigenvalue weighted by Crippen LogP contribution is -2.53. The molecule has 0 fully saturated rings. The van der Waals surface area contributed by atoms with E-state index in [1.54, 1.807) is 43.5 Å². The smallest absolute Gasteiger partial charge is 0.244 e. The summed E-state index contributed by atoms with van der Waals surface area (Å²) in [5.74, 6) is 0.459. The van der Waals surface area contributed by atoms with Crippen molar-refractivity contribution in [2.24, 2.45) is 0 Å². The number of rotatable bonds is 15. The zero-order chi connectivity index (χ0) is 30.7. The largest absolute Gasteiger partial charge is 0.497 e. The Balaban J connectivity index is 1.86. The minimum atomic E-state index is -3.84. The molecular weight excluding hydrogens is 554 g/mol. The third kappa shape index (κ3) is 9.24. The van der Waals surface area contributed by atoms with E-state index in [9.17, 15) is 18.0 Å². The van der Waals surface area contributed by atoms with Crippen molar-refractivity contribution in [3.63, 3.8) is 0 Å². The number of ether oxygens (including phenoxy) is 2. The van der Waals surface area contributed by atoms with Gasteiger partial charge >= 0.3 is 0 Å². The van der Waals surface area contributed by atoms with Crippen molar-refractivity contribution in [1.82, 2.24) is 10.2 Å². The van der Waals surface area contributed by atoms with E-state index in [-0.39, 0.29) is 18.5 Å². The number of sulfonamides is 1. The summed E-state index contributed by atoms with van der Waals surface area (Å²) in [5.41, 5.74) is 2.11. The van der Waals surface area contributed by atoms with Gasteiger partial charge in [0.1, 0.15) is 30.7 Å². The van der Waals surface area contributed by atoms with Gasteiger partial charge in [0, 0.05) is 12.6 Å². The number of amides is 2. The van der Waals surface area contributed by atoms with Crippen LogP contribution in [0, 0.1) is 0 Å². The molecule has 9 nitrogen and oxygen atoms in total. The highest BCUT2D eigenvalue weighted by Gasteiger charge is 2.32. The van der Waals surface area contributed by atoms with Crippen LogP contribution in [0.1, 0.15) is 44.7 Å². The molecule has 2 atom stereocenters. The first kappa shape index (κ1) is 32.5. The van der Waals surface area contributed by atoms with Crippen LogP contribution >= 0.6 is 0 Å². The van der Waals surface area contributed by atoms with Crippen molar-refractivity contribution in [3.05, 3.63) is 90.0 Å². The Morgan fingerprint density at radius 3 is 2.02 bits per heavy atom. The molecule has 42 heavy (non-hydrogen) atoms. The van der Waals surface area contributed by atoms with Crippen molar-refractivity contribution >= 4 is 27.5 Å². The number of carbonyl (C=O) groups excluding carboxylic acids is 2. The molecular formula is C32H41N3O6S. The fraction of sp³-hybridized carbons (Fsp3) is 0.375. The van der Waals surface area contributed by atoms with Gasteiger partial charge in [0.15, 0.2) is 0 Å². The summed E-state index contributed by atoms with van der Waals surface area (Å²) in [6.45, 7) is 5.72. The minimum Gasteiger partial charge on any atom is -0.497 e. The maximum absolute atomic E-state index is 13.9. The molecule has 3 aromatic carbocycles. The Bertz CT molecular complexity index is 1400. The van der Waals surface area contributed by atoms with Gasteiger partial charge in [-0.2, -0.15) is 0 Å². The highest BCUT2D eigenvalue weighted by atomic mass is 32.2. The molecule has 3 rings (SSSR count). The van der Waals surface area contributed by atoms with Crippen LogP contribution in [0.5, 0.6) is 11.5 Å². The van der Waals surface area contributed by atoms with Gasteiger partial charge < -0.3 is 19.7 Å². The third-order valence-electron chi connectivity index (χ3n) is 6.95. The average molecular weight is 596 g/mol. The number of anilines is 1. The van der Waals surface area contributed by atoms with E-state index in [0.29, 0.717) is 30.2 Å². The van der Waals surface area contributed by atoms with Gasteiger partial charge in [-0.1, -0.05) is 56.3 Å². The van der Waals surface area contributed by atoms with E-state index in [1.807, 2.05) is 63.2 Å². The molecule has 1 N–H and O–H groups in total. The van der Waals surface area contributed by atoms with E-state index in [0.717, 1.165) is 28.1 Å². The lowest BCUT2D eigenvalue weighted by Gasteiger charge is -2.33. The van der Waals surface area contributed by atoms with Gasteiger partial charge in [-0.25, -0.2) is 8.42 Å². The molecule has 0 aliphatic carbocycles. The highest BCUT2D eigenvalue weighted by Crippen LogP contribution is 2.24. The molecule has 0 aromatic heterocycles. The topological polar surface area (TPSA) is 105 Å². The quantitative estimate of drug-likeness (QED) is 0.272. The monoisotopic (exact) mass is 595 g/mol. The lowest BCUT2D eigenvalue weighted by molar-refractivity contribution is -0.140. The second-order valence-electron chi connectivity index (χ2n) is 10.1. The van der Waals surface area contributed by atoms with Gasteiger partial charge in [-0.15, -0.1) is 0 Å². The van der Waals surface area contributed by atoms with Crippen LogP contribution in [0.2, 0.25) is 0 Å². The summed E-state index contributed by atoms with van der Waals surface area (Å²) >= 11 is 0. The fourth-order valence-corrected chi connectivity index (χ4v) is 5.20. The van der Waals surface area contributed by atoms with E-state index >= 15 is 0 Å². The van der Waals surface area contributed by atoms with Gasteiger partial charge in [-0.3, -0.25) is 13.9 Å². The Kier molecular flexibility index (Phi) is 11.8. The molecule has 0 radical (unpaired) electrons. The Labute approximate surface area is 249 Å². The summed E-state index contributed by atoms with van der Waals surface area (Å²) in [5, 5.41) is 2.97. The van der Waals surface area contributed by atoms with Crippen molar-refractivity contribution in [2.75, 3.05) is 24.2 Å². The van der Waals surface area contributed by atoms with Crippen LogP contribution in [0.3, 0.4) is 0 Å². The van der Waals surface area contributed by atoms with Gasteiger partial charge in [0.2, 0.25) is 21.8 Å². The Hall–Kier alpha value is -4.05. The maximum atomic E-state index is 13.9. The summed E-state index contributed by atoms with van der Waals surface area (Å²) in [7, 11) is -2.28. The summed E-state index contributed by atoms with van der Waals surface area (Å²) in [6, 6.07) is 22.6. The van der Waals surface area contributed by atoms with Crippen LogP contribution < -0.4 is 19.1 Å². The number of nitrogens with one attached hydrogen (secondary N) is 1. The van der Waals surface area contributed by atoms with Crippen LogP contribution in [0.4, 0.5) is 5.69 Å². The molecule has 0 aliphatic rings. The molecule has 0 spiro atoms. The van der Waals surface area contributed by atoms with E-state index < -0.39 is 28.5 Å². The second kappa shape index (κ2) is 15.3. The van der Waals surface area contributed by atoms with Crippen molar-refractivity contribution in [1.29, 1.82) is 0 Å². The van der Waals surface area contributed by atoms with Crippen molar-refractivity contribution < 1.29 is 27.5 Å². The van der Waals surface area contributed by atoms with E-state index in [2.05, 4.69) is 5.32 Å². The number of benzene rings is 3. The van der Waals surface area contributed by atoms with Crippen LogP contribution in [-0.4, -0.2) is 57.1 Å². The molecule has 0 saturated carbocycles. The second-order valence-corrected chi connectivity index (χ2v) is 12.1. The molecule has 2 amide bonds. The summed E-state index contributed by atoms with van der Waals surface area (Å²) in [4.78, 5) is 28.6. The Morgan fingerprint density at radius 2 is 1.48 bits per heavy atom. The zero-order valence-electron chi connectivity index (χ0n) is 24.9. The summed E-state index contributed by atoms with van der Waals surface area (Å²) < 4.78 is 37.9. The normalized spacial score (nSPS) is 12.6. The predicted molar refractivity (Wildman–Crippen MR) is 165 cm³/mol. The molecule has 10 heteroatoms. The maximum Gasteiger partial charge on any atom is 0.244 e. The predicted octanol–water partition coefficient (Wildman–Crippen LogP) is 4.76. The van der Waals surface area contributed by atoms with Crippen LogP contribution in [0.25, 0.3) is 0 Å². The van der Waals surface area contributed by atoms with E-state index in [1.165, 1.54) is 4.90 Å². The first-order chi connectivity index (χ1) is 20.0. The SMILES string of the molecule is CC[C@@H](C)NC(=O)[C@H](CC)N(Cc1ccc(OC)cc1)C(=O)CN(c1ccc(OCc2ccccc2)cc1)S(C)(=O)=O. The van der Waals surface area contributed by atoms with E-state index in [4.69, 9.17) is 9.47 Å². The number of carbonyl (C=O) groups is 2. The molecule has 0 saturated heterocycles. The van der Waals surface area contributed by atoms with Crippen LogP contribution in [-0.2, 0) is 32.8 Å². The molecule has 0 unspecified atom stereocenters. The fourth-order valence-electron chi connectivity index (χ4n) is 4.35. The minimum absolute atomic E-state index is 0.0698. The molecule has 0 aliphatic heterocycles. The first-order valence-electron chi connectivity index (χ1n) is 14.0. The highest BCUT2D eigenvalue weighted by molar-refractivity contribution is 7.92. The van der Waals surface area contributed by atoms with Crippen molar-refractivity contribution in [3.8, 4) is 11.5 Å². The summed E-state index contributed by atoms with van der Waals surface area (Å²) in [6.07, 6.45) is 2.15. The van der Waals surface area contributed by atoms with Gasteiger partial charge in [0.05, 0.1) is 19.1 Å². The lowest BCUT2D eigenvalue weighted by atomic mass is 10.1. The molecule has 3 aromatic rings. The molecule has 0 bridgehead atoms. The standard InChI is InChI=1S/C32H41N3O6S/c1-6-24(3)33-32(37)30(7-2)34(21-25-13-17-28(40-4)18-14-25)31(36)22-35(42(5,38)39)27-15-19-29(20-16-27)41-23-26-11-9-8-10-12-26/h8-20,24,30H,6-7,21-23H2,1-5H3,(H,33,37)/t24-,30+/m1/s1. The third-order valence-corrected chi connectivity index (χ3v) is 8.09. The number of methoxy groups -OCH3 is 1. The molecule has 0 heterocycles. The first-order valence-corrected chi connectivity index (χ1v) is 15.9. The van der Waals surface area contributed by atoms with Gasteiger partial charge in [0.25, 0.3) is 0 Å². The van der Waals surface area contributed by atoms with Crippen LogP contribution in [0.15, 0.2) is 78.9 Å². The zero-order valence-corrected chi connectivity index (χ0v) is 25.8. The number of hydrogen-bond donors (Lipinski definition) is 1. The number of hydrogen-bond acceptors (Lipinski definition) is 6. The van der Waals surface area contributed by atoms with Crippen molar-refractivity contribution in [2.45, 2.75) is 58.8 Å². The van der Waals surface area contributed by atoms with Gasteiger partial charge in [-0.05, 0) is 67.3 Å². The Morgan fingerprint density at radius 1 is 0.857 bits per heavy atom. The number of nitrogens with zero attached hydrogens (tertiary/aromatic N) is 2. The average Bonchev–Trinajstić information content (AvgIpc) is 2.99. The molecule has 226 valence electrons.